The Bertz CT molecular complexity index is 1510. The van der Waals surface area contributed by atoms with Crippen LogP contribution in [0.15, 0.2) is 60.1 Å². The topological polar surface area (TPSA) is 97.7 Å². The lowest BCUT2D eigenvalue weighted by Gasteiger charge is -2.35. The van der Waals surface area contributed by atoms with Crippen molar-refractivity contribution < 1.29 is 13.9 Å². The Labute approximate surface area is 210 Å². The molecule has 1 aromatic carbocycles. The number of aromatic amines is 1. The first-order valence-electron chi connectivity index (χ1n) is 11.8. The predicted octanol–water partition coefficient (Wildman–Crippen LogP) is 5.09. The van der Waals surface area contributed by atoms with Crippen molar-refractivity contribution in [3.8, 4) is 23.0 Å². The minimum atomic E-state index is -0.373. The van der Waals surface area contributed by atoms with Gasteiger partial charge in [0.2, 0.25) is 0 Å². The molecule has 1 fully saturated rings. The van der Waals surface area contributed by atoms with Crippen LogP contribution in [0.2, 0.25) is 0 Å². The number of carbonyl (C=O) groups is 1. The van der Waals surface area contributed by atoms with Crippen molar-refractivity contribution in [3.63, 3.8) is 0 Å². The number of halogens is 1. The van der Waals surface area contributed by atoms with Crippen LogP contribution in [0.5, 0.6) is 5.75 Å². The first-order valence-corrected chi connectivity index (χ1v) is 12.6. The van der Waals surface area contributed by atoms with Crippen LogP contribution in [0, 0.1) is 5.82 Å². The molecular formula is C26H23FN6O2S. The van der Waals surface area contributed by atoms with Crippen molar-refractivity contribution >= 4 is 27.5 Å². The fraction of sp³-hybridized carbons (Fsp3) is 0.231. The molecule has 1 aliphatic rings. The molecule has 6 rings (SSSR count). The summed E-state index contributed by atoms with van der Waals surface area (Å²) in [4.78, 5) is 20.3. The first-order chi connectivity index (χ1) is 17.6. The van der Waals surface area contributed by atoms with Gasteiger partial charge in [0, 0.05) is 12.0 Å². The molecule has 1 aliphatic carbocycles. The number of fused-ring (bicyclic) bond motifs is 1. The van der Waals surface area contributed by atoms with E-state index in [-0.39, 0.29) is 23.7 Å². The van der Waals surface area contributed by atoms with Gasteiger partial charge in [-0.05, 0) is 61.5 Å². The van der Waals surface area contributed by atoms with E-state index in [4.69, 9.17) is 4.74 Å². The lowest BCUT2D eigenvalue weighted by molar-refractivity contribution is 0.0903. The van der Waals surface area contributed by atoms with Crippen LogP contribution in [0.25, 0.3) is 27.4 Å². The van der Waals surface area contributed by atoms with Crippen LogP contribution in [-0.2, 0) is 0 Å². The van der Waals surface area contributed by atoms with Crippen LogP contribution in [0.4, 0.5) is 4.39 Å². The number of amides is 1. The van der Waals surface area contributed by atoms with Gasteiger partial charge in [-0.15, -0.1) is 21.5 Å². The van der Waals surface area contributed by atoms with E-state index in [9.17, 15) is 9.18 Å². The number of hydrogen-bond acceptors (Lipinski definition) is 6. The zero-order valence-electron chi connectivity index (χ0n) is 19.4. The Morgan fingerprint density at radius 3 is 2.83 bits per heavy atom. The Morgan fingerprint density at radius 1 is 1.22 bits per heavy atom. The largest absolute Gasteiger partial charge is 0.492 e. The number of nitrogens with zero attached hydrogens (tertiary/aromatic N) is 4. The zero-order chi connectivity index (χ0) is 24.6. The smallest absolute Gasteiger partial charge is 0.267 e. The summed E-state index contributed by atoms with van der Waals surface area (Å²) in [5.41, 5.74) is 2.45. The number of para-hydroxylation sites is 1. The Kier molecular flexibility index (Phi) is 5.73. The Morgan fingerprint density at radius 2 is 2.08 bits per heavy atom. The van der Waals surface area contributed by atoms with Crippen molar-refractivity contribution in [2.45, 2.75) is 31.7 Å². The average Bonchev–Trinajstić information content (AvgIpc) is 3.57. The van der Waals surface area contributed by atoms with Crippen LogP contribution in [-0.4, -0.2) is 43.3 Å². The van der Waals surface area contributed by atoms with E-state index in [0.717, 1.165) is 10.2 Å². The van der Waals surface area contributed by atoms with Gasteiger partial charge >= 0.3 is 0 Å². The number of H-pyrrole nitrogens is 1. The number of ether oxygens (including phenoxy) is 1. The van der Waals surface area contributed by atoms with Crippen LogP contribution in [0.3, 0.4) is 0 Å². The van der Waals surface area contributed by atoms with Gasteiger partial charge in [-0.25, -0.2) is 9.37 Å². The highest BCUT2D eigenvalue weighted by Crippen LogP contribution is 2.39. The third kappa shape index (κ3) is 4.03. The predicted molar refractivity (Wildman–Crippen MR) is 135 cm³/mol. The molecule has 0 radical (unpaired) electrons. The molecule has 0 atom stereocenters. The molecule has 4 aromatic heterocycles. The van der Waals surface area contributed by atoms with E-state index in [0.29, 0.717) is 53.9 Å². The zero-order valence-corrected chi connectivity index (χ0v) is 20.3. The normalized spacial score (nSPS) is 17.2. The maximum absolute atomic E-state index is 14.9. The van der Waals surface area contributed by atoms with E-state index in [1.54, 1.807) is 46.4 Å². The van der Waals surface area contributed by atoms with Gasteiger partial charge in [0.25, 0.3) is 5.91 Å². The molecule has 10 heteroatoms. The maximum Gasteiger partial charge on any atom is 0.267 e. The van der Waals surface area contributed by atoms with E-state index >= 15 is 0 Å². The molecule has 0 spiro atoms. The van der Waals surface area contributed by atoms with Gasteiger partial charge in [0.05, 0.1) is 28.7 Å². The van der Waals surface area contributed by atoms with Crippen molar-refractivity contribution in [3.05, 3.63) is 77.4 Å². The molecule has 182 valence electrons. The summed E-state index contributed by atoms with van der Waals surface area (Å²) in [7, 11) is 0. The minimum absolute atomic E-state index is 0.00153. The van der Waals surface area contributed by atoms with E-state index in [1.807, 2.05) is 30.5 Å². The summed E-state index contributed by atoms with van der Waals surface area (Å²) < 4.78 is 23.2. The Hall–Kier alpha value is -4.05. The molecule has 0 saturated heterocycles. The lowest BCUT2D eigenvalue weighted by atomic mass is 9.79. The second-order valence-electron chi connectivity index (χ2n) is 8.70. The quantitative estimate of drug-likeness (QED) is 0.323. The highest BCUT2D eigenvalue weighted by Gasteiger charge is 2.36. The van der Waals surface area contributed by atoms with E-state index in [1.165, 1.54) is 6.07 Å². The summed E-state index contributed by atoms with van der Waals surface area (Å²) in [6.07, 6.45) is 2.99. The summed E-state index contributed by atoms with van der Waals surface area (Å²) >= 11 is 1.59. The average molecular weight is 503 g/mol. The maximum atomic E-state index is 14.9. The number of pyridine rings is 1. The Balaban J connectivity index is 1.25. The van der Waals surface area contributed by atoms with Crippen molar-refractivity contribution in [1.29, 1.82) is 0 Å². The molecule has 36 heavy (non-hydrogen) atoms. The van der Waals surface area contributed by atoms with Crippen molar-refractivity contribution in [2.75, 3.05) is 6.61 Å². The number of aromatic nitrogens is 5. The number of thiophene rings is 1. The minimum Gasteiger partial charge on any atom is -0.492 e. The van der Waals surface area contributed by atoms with Crippen molar-refractivity contribution in [2.24, 2.45) is 0 Å². The van der Waals surface area contributed by atoms with Crippen LogP contribution < -0.4 is 10.1 Å². The fourth-order valence-electron chi connectivity index (χ4n) is 4.54. The van der Waals surface area contributed by atoms with Gasteiger partial charge in [-0.3, -0.25) is 9.36 Å². The van der Waals surface area contributed by atoms with Crippen LogP contribution >= 0.6 is 11.3 Å². The number of hydrogen-bond donors (Lipinski definition) is 2. The summed E-state index contributed by atoms with van der Waals surface area (Å²) in [6.45, 7) is 2.45. The van der Waals surface area contributed by atoms with Gasteiger partial charge in [0.1, 0.15) is 28.8 Å². The molecule has 5 aromatic rings. The molecule has 0 bridgehead atoms. The third-order valence-corrected chi connectivity index (χ3v) is 7.24. The van der Waals surface area contributed by atoms with Crippen LogP contribution in [0.1, 0.15) is 42.0 Å². The monoisotopic (exact) mass is 502 g/mol. The van der Waals surface area contributed by atoms with E-state index in [2.05, 4.69) is 25.5 Å². The number of carbonyl (C=O) groups excluding carboxylic acids is 1. The molecule has 1 amide bonds. The number of nitrogens with one attached hydrogen (secondary N) is 2. The second-order valence-corrected chi connectivity index (χ2v) is 9.65. The fourth-order valence-corrected chi connectivity index (χ4v) is 5.32. The lowest BCUT2D eigenvalue weighted by Crippen LogP contribution is -2.44. The molecule has 1 saturated carbocycles. The molecule has 4 heterocycles. The molecule has 0 unspecified atom stereocenters. The first kappa shape index (κ1) is 22.4. The molecule has 2 N–H and O–H groups in total. The standard InChI is InChI=1S/C26H23FN6O2S/c1-2-35-17-7-8-20(28-14-17)25-32-31-24(33(25)22-6-4-3-5-18(22)27)15-11-16(12-15)29-26(34)21-13-23-19(30-21)9-10-36-23/h3-10,13-16,30H,2,11-12H2,1H3,(H,29,34). The SMILES string of the molecule is CCOc1ccc(-c2nnc(C3CC(NC(=O)c4cc5sccc5[nH]4)C3)n2-c2ccccc2F)nc1. The summed E-state index contributed by atoms with van der Waals surface area (Å²) in [6, 6.07) is 14.0. The van der Waals surface area contributed by atoms with Gasteiger partial charge in [0.15, 0.2) is 5.82 Å². The summed E-state index contributed by atoms with van der Waals surface area (Å²) in [5, 5.41) is 13.9. The third-order valence-electron chi connectivity index (χ3n) is 6.38. The second kappa shape index (κ2) is 9.19. The number of benzene rings is 1. The van der Waals surface area contributed by atoms with E-state index < -0.39 is 0 Å². The highest BCUT2D eigenvalue weighted by atomic mass is 32.1. The number of rotatable bonds is 7. The van der Waals surface area contributed by atoms with Gasteiger partial charge < -0.3 is 15.0 Å². The molecular weight excluding hydrogens is 479 g/mol. The van der Waals surface area contributed by atoms with Gasteiger partial charge in [-0.2, -0.15) is 0 Å². The van der Waals surface area contributed by atoms with Gasteiger partial charge in [-0.1, -0.05) is 12.1 Å². The molecule has 0 aliphatic heterocycles. The highest BCUT2D eigenvalue weighted by molar-refractivity contribution is 7.17. The molecule has 8 nitrogen and oxygen atoms in total. The summed E-state index contributed by atoms with van der Waals surface area (Å²) in [5.74, 6) is 1.27. The van der Waals surface area contributed by atoms with Crippen molar-refractivity contribution in [1.82, 2.24) is 30.0 Å².